The zero-order chi connectivity index (χ0) is 25.2. The van der Waals surface area contributed by atoms with E-state index in [0.29, 0.717) is 28.7 Å². The monoisotopic (exact) mass is 526 g/mol. The predicted molar refractivity (Wildman–Crippen MR) is 144 cm³/mol. The Morgan fingerprint density at radius 2 is 1.86 bits per heavy atom. The Labute approximate surface area is 217 Å². The largest absolute Gasteiger partial charge is 0.368 e. The van der Waals surface area contributed by atoms with E-state index in [0.717, 1.165) is 54.9 Å². The van der Waals surface area contributed by atoms with Gasteiger partial charge in [-0.3, -0.25) is 14.3 Å². The lowest BCUT2D eigenvalue weighted by Gasteiger charge is -2.36. The first-order valence-electron chi connectivity index (χ1n) is 11.8. The van der Waals surface area contributed by atoms with Crippen LogP contribution in [-0.4, -0.2) is 61.0 Å². The summed E-state index contributed by atoms with van der Waals surface area (Å²) in [6, 6.07) is 9.72. The number of anilines is 2. The molecule has 0 spiro atoms. The number of halogens is 1. The average Bonchev–Trinajstić information content (AvgIpc) is 3.26. The zero-order valence-electron chi connectivity index (χ0n) is 20.1. The number of aryl methyl sites for hydroxylation is 3. The quantitative estimate of drug-likeness (QED) is 0.223. The van der Waals surface area contributed by atoms with Gasteiger partial charge in [0.1, 0.15) is 0 Å². The minimum Gasteiger partial charge on any atom is -0.368 e. The first-order chi connectivity index (χ1) is 17.4. The van der Waals surface area contributed by atoms with E-state index in [9.17, 15) is 9.59 Å². The molecular formula is C24H27ClN8O2S. The van der Waals surface area contributed by atoms with Gasteiger partial charge in [-0.25, -0.2) is 14.8 Å². The summed E-state index contributed by atoms with van der Waals surface area (Å²) < 4.78 is 3.34. The van der Waals surface area contributed by atoms with Gasteiger partial charge in [-0.1, -0.05) is 29.4 Å². The molecule has 0 amide bonds. The minimum absolute atomic E-state index is 0.394. The maximum Gasteiger partial charge on any atom is 0.329 e. The van der Waals surface area contributed by atoms with Gasteiger partial charge in [0.25, 0.3) is 5.56 Å². The number of nitrogens with zero attached hydrogens (tertiary/aromatic N) is 7. The van der Waals surface area contributed by atoms with E-state index in [-0.39, 0.29) is 0 Å². The standard InChI is InChI=1S/C24H27ClN8O2S/c1-16-7-8-26-22(27-16)36-14-4-9-33-19-20(30(2)24(35)29-21(19)34)28-23(33)32-12-10-31(11-13-32)18-6-3-5-17(25)15-18/h3,5-8,15H,4,9-14H2,1-2H3,(H,29,34,35). The van der Waals surface area contributed by atoms with Crippen LogP contribution in [0.25, 0.3) is 11.2 Å². The molecule has 0 saturated carbocycles. The van der Waals surface area contributed by atoms with Crippen LogP contribution in [0.3, 0.4) is 0 Å². The summed E-state index contributed by atoms with van der Waals surface area (Å²) in [6.45, 7) is 5.57. The van der Waals surface area contributed by atoms with Gasteiger partial charge in [0.15, 0.2) is 16.3 Å². The number of thioether (sulfide) groups is 1. The van der Waals surface area contributed by atoms with Crippen molar-refractivity contribution in [3.8, 4) is 0 Å². The summed E-state index contributed by atoms with van der Waals surface area (Å²) in [5.41, 5.74) is 1.94. The fourth-order valence-corrected chi connectivity index (χ4v) is 5.38. The molecule has 12 heteroatoms. The number of fused-ring (bicyclic) bond motifs is 1. The molecule has 1 aliphatic rings. The highest BCUT2D eigenvalue weighted by molar-refractivity contribution is 7.99. The van der Waals surface area contributed by atoms with Crippen LogP contribution in [0.4, 0.5) is 11.6 Å². The highest BCUT2D eigenvalue weighted by atomic mass is 35.5. The van der Waals surface area contributed by atoms with Crippen LogP contribution in [0.1, 0.15) is 12.1 Å². The number of hydrogen-bond donors (Lipinski definition) is 1. The van der Waals surface area contributed by atoms with Crippen molar-refractivity contribution in [2.45, 2.75) is 25.0 Å². The number of rotatable bonds is 7. The van der Waals surface area contributed by atoms with Crippen molar-refractivity contribution in [2.75, 3.05) is 41.7 Å². The van der Waals surface area contributed by atoms with E-state index in [1.54, 1.807) is 25.0 Å². The number of H-pyrrole nitrogens is 1. The summed E-state index contributed by atoms with van der Waals surface area (Å²) in [5.74, 6) is 1.49. The summed E-state index contributed by atoms with van der Waals surface area (Å²) in [7, 11) is 1.63. The number of benzene rings is 1. The number of aromatic amines is 1. The van der Waals surface area contributed by atoms with Crippen LogP contribution in [0, 0.1) is 6.92 Å². The lowest BCUT2D eigenvalue weighted by atomic mass is 10.2. The number of nitrogens with one attached hydrogen (secondary N) is 1. The lowest BCUT2D eigenvalue weighted by Crippen LogP contribution is -2.47. The Kier molecular flexibility index (Phi) is 7.01. The minimum atomic E-state index is -0.471. The third kappa shape index (κ3) is 4.98. The van der Waals surface area contributed by atoms with Crippen LogP contribution in [0.15, 0.2) is 51.3 Å². The highest BCUT2D eigenvalue weighted by Gasteiger charge is 2.25. The fourth-order valence-electron chi connectivity index (χ4n) is 4.40. The molecule has 1 fully saturated rings. The Balaban J connectivity index is 1.38. The highest BCUT2D eigenvalue weighted by Crippen LogP contribution is 2.25. The number of aromatic nitrogens is 6. The van der Waals surface area contributed by atoms with Crippen molar-refractivity contribution >= 4 is 46.2 Å². The van der Waals surface area contributed by atoms with Crippen LogP contribution in [-0.2, 0) is 13.6 Å². The topological polar surface area (TPSA) is 105 Å². The normalized spacial score (nSPS) is 14.1. The van der Waals surface area contributed by atoms with Crippen molar-refractivity contribution < 1.29 is 0 Å². The molecule has 4 heterocycles. The maximum atomic E-state index is 12.8. The second-order valence-corrected chi connectivity index (χ2v) is 10.2. The first-order valence-corrected chi connectivity index (χ1v) is 13.1. The molecule has 1 N–H and O–H groups in total. The van der Waals surface area contributed by atoms with E-state index in [4.69, 9.17) is 16.6 Å². The number of imidazole rings is 1. The Morgan fingerprint density at radius 1 is 1.08 bits per heavy atom. The Hall–Kier alpha value is -3.31. The van der Waals surface area contributed by atoms with Crippen LogP contribution >= 0.6 is 23.4 Å². The van der Waals surface area contributed by atoms with Gasteiger partial charge in [-0.2, -0.15) is 4.98 Å². The molecule has 3 aromatic heterocycles. The molecule has 0 atom stereocenters. The molecule has 0 aliphatic carbocycles. The predicted octanol–water partition coefficient (Wildman–Crippen LogP) is 2.68. The third-order valence-electron chi connectivity index (χ3n) is 6.25. The zero-order valence-corrected chi connectivity index (χ0v) is 21.7. The van der Waals surface area contributed by atoms with Gasteiger partial charge in [-0.15, -0.1) is 0 Å². The molecule has 0 radical (unpaired) electrons. The molecule has 1 saturated heterocycles. The molecule has 36 heavy (non-hydrogen) atoms. The molecule has 0 bridgehead atoms. The van der Waals surface area contributed by atoms with E-state index in [2.05, 4.69) is 30.8 Å². The van der Waals surface area contributed by atoms with E-state index >= 15 is 0 Å². The molecule has 4 aromatic rings. The molecule has 0 unspecified atom stereocenters. The van der Waals surface area contributed by atoms with Gasteiger partial charge in [0.05, 0.1) is 0 Å². The molecule has 188 valence electrons. The van der Waals surface area contributed by atoms with Crippen molar-refractivity contribution in [1.82, 2.24) is 29.1 Å². The summed E-state index contributed by atoms with van der Waals surface area (Å²) >= 11 is 7.77. The lowest BCUT2D eigenvalue weighted by molar-refractivity contribution is 0.610. The van der Waals surface area contributed by atoms with Gasteiger partial charge >= 0.3 is 5.69 Å². The Bertz CT molecular complexity index is 1510. The van der Waals surface area contributed by atoms with E-state index < -0.39 is 11.2 Å². The summed E-state index contributed by atoms with van der Waals surface area (Å²) in [4.78, 5) is 45.5. The molecular weight excluding hydrogens is 500 g/mol. The maximum absolute atomic E-state index is 12.8. The van der Waals surface area contributed by atoms with Gasteiger partial charge in [0.2, 0.25) is 5.95 Å². The fraction of sp³-hybridized carbons (Fsp3) is 0.375. The Morgan fingerprint density at radius 3 is 2.61 bits per heavy atom. The van der Waals surface area contributed by atoms with E-state index in [1.807, 2.05) is 35.8 Å². The van der Waals surface area contributed by atoms with Crippen LogP contribution < -0.4 is 21.0 Å². The molecule has 5 rings (SSSR count). The van der Waals surface area contributed by atoms with Crippen molar-refractivity contribution in [2.24, 2.45) is 7.05 Å². The second-order valence-electron chi connectivity index (χ2n) is 8.69. The smallest absolute Gasteiger partial charge is 0.329 e. The molecule has 1 aliphatic heterocycles. The third-order valence-corrected chi connectivity index (χ3v) is 7.44. The van der Waals surface area contributed by atoms with Crippen LogP contribution in [0.2, 0.25) is 5.02 Å². The van der Waals surface area contributed by atoms with Crippen molar-refractivity contribution in [3.63, 3.8) is 0 Å². The molecule has 10 nitrogen and oxygen atoms in total. The SMILES string of the molecule is Cc1ccnc(SCCCn2c(N3CCN(c4cccc(Cl)c4)CC3)nc3c2c(=O)[nH]c(=O)n3C)n1. The van der Waals surface area contributed by atoms with Gasteiger partial charge < -0.3 is 14.4 Å². The van der Waals surface area contributed by atoms with E-state index in [1.165, 1.54) is 4.57 Å². The average molecular weight is 527 g/mol. The number of piperazine rings is 1. The summed E-state index contributed by atoms with van der Waals surface area (Å²) in [6.07, 6.45) is 2.54. The number of hydrogen-bond acceptors (Lipinski definition) is 8. The van der Waals surface area contributed by atoms with Crippen molar-refractivity contribution in [3.05, 3.63) is 68.1 Å². The summed E-state index contributed by atoms with van der Waals surface area (Å²) in [5, 5.41) is 1.45. The van der Waals surface area contributed by atoms with Gasteiger partial charge in [0, 0.05) is 68.1 Å². The first kappa shape index (κ1) is 24.4. The van der Waals surface area contributed by atoms with Gasteiger partial charge in [-0.05, 0) is 37.6 Å². The molecule has 1 aromatic carbocycles. The van der Waals surface area contributed by atoms with Crippen molar-refractivity contribution in [1.29, 1.82) is 0 Å². The second kappa shape index (κ2) is 10.4. The van der Waals surface area contributed by atoms with Crippen LogP contribution in [0.5, 0.6) is 0 Å².